The molecule has 1 amide bonds. The predicted octanol–water partition coefficient (Wildman–Crippen LogP) is -0.725. The van der Waals surface area contributed by atoms with E-state index in [0.717, 1.165) is 0 Å². The summed E-state index contributed by atoms with van der Waals surface area (Å²) in [5.74, 6) is -0.147. The highest BCUT2D eigenvalue weighted by Crippen LogP contribution is 2.04. The number of nitrogens with one attached hydrogen (secondary N) is 2. The van der Waals surface area contributed by atoms with E-state index in [-0.39, 0.29) is 18.0 Å². The second kappa shape index (κ2) is 4.23. The number of carbonyl (C=O) groups excluding carboxylic acids is 1. The molecule has 1 heterocycles. The lowest BCUT2D eigenvalue weighted by atomic mass is 10.2. The topological polar surface area (TPSA) is 50.4 Å². The smallest absolute Gasteiger partial charge is 0.243 e. The Balaban J connectivity index is 2.40. The molecule has 1 unspecified atom stereocenters. The van der Waals surface area contributed by atoms with E-state index < -0.39 is 0 Å². The van der Waals surface area contributed by atoms with Gasteiger partial charge in [0.05, 0.1) is 25.3 Å². The van der Waals surface area contributed by atoms with Crippen LogP contribution in [0.25, 0.3) is 0 Å². The van der Waals surface area contributed by atoms with Crippen LogP contribution in [0.1, 0.15) is 0 Å². The van der Waals surface area contributed by atoms with Crippen LogP contribution >= 0.6 is 0 Å². The molecule has 0 aliphatic carbocycles. The molecule has 0 aromatic heterocycles. The van der Waals surface area contributed by atoms with Crippen molar-refractivity contribution in [2.75, 3.05) is 20.3 Å². The van der Waals surface area contributed by atoms with Crippen LogP contribution in [0, 0.1) is 0 Å². The number of hydrogen-bond acceptors (Lipinski definition) is 3. The first-order valence-electron chi connectivity index (χ1n) is 3.96. The van der Waals surface area contributed by atoms with Crippen LogP contribution in [0.3, 0.4) is 0 Å². The van der Waals surface area contributed by atoms with Gasteiger partial charge in [0.2, 0.25) is 5.91 Å². The average Bonchev–Trinajstić information content (AvgIpc) is 2.51. The third kappa shape index (κ3) is 2.06. The molecule has 2 N–H and O–H groups in total. The summed E-state index contributed by atoms with van der Waals surface area (Å²) in [6.45, 7) is 4.61. The van der Waals surface area contributed by atoms with Crippen molar-refractivity contribution >= 4 is 5.91 Å². The van der Waals surface area contributed by atoms with Gasteiger partial charge < -0.3 is 15.4 Å². The number of hydrogen-bond donors (Lipinski definition) is 2. The molecule has 0 bridgehead atoms. The van der Waals surface area contributed by atoms with Crippen molar-refractivity contribution in [2.45, 2.75) is 12.1 Å². The van der Waals surface area contributed by atoms with E-state index in [1.165, 1.54) is 6.08 Å². The van der Waals surface area contributed by atoms with Gasteiger partial charge in [-0.3, -0.25) is 4.79 Å². The third-order valence-electron chi connectivity index (χ3n) is 1.96. The van der Waals surface area contributed by atoms with Crippen molar-refractivity contribution in [1.29, 1.82) is 0 Å². The second-order valence-corrected chi connectivity index (χ2v) is 2.75. The molecule has 4 heteroatoms. The van der Waals surface area contributed by atoms with Gasteiger partial charge in [-0.05, 0) is 13.1 Å². The number of amides is 1. The van der Waals surface area contributed by atoms with Crippen LogP contribution in [0.5, 0.6) is 0 Å². The van der Waals surface area contributed by atoms with Gasteiger partial charge in [0, 0.05) is 0 Å². The Labute approximate surface area is 72.0 Å². The van der Waals surface area contributed by atoms with Crippen LogP contribution in [-0.2, 0) is 9.53 Å². The summed E-state index contributed by atoms with van der Waals surface area (Å²) in [6, 6.07) is 0.286. The summed E-state index contributed by atoms with van der Waals surface area (Å²) in [4.78, 5) is 10.9. The van der Waals surface area contributed by atoms with Gasteiger partial charge in [-0.25, -0.2) is 0 Å². The van der Waals surface area contributed by atoms with Crippen LogP contribution in [0.2, 0.25) is 0 Å². The molecule has 1 rings (SSSR count). The average molecular weight is 170 g/mol. The second-order valence-electron chi connectivity index (χ2n) is 2.75. The van der Waals surface area contributed by atoms with Gasteiger partial charge in [-0.1, -0.05) is 6.58 Å². The van der Waals surface area contributed by atoms with E-state index in [2.05, 4.69) is 17.2 Å². The minimum atomic E-state index is -0.147. The lowest BCUT2D eigenvalue weighted by Gasteiger charge is -2.16. The third-order valence-corrected chi connectivity index (χ3v) is 1.96. The molecule has 0 radical (unpaired) electrons. The maximum Gasteiger partial charge on any atom is 0.243 e. The Kier molecular flexibility index (Phi) is 3.25. The highest BCUT2D eigenvalue weighted by atomic mass is 16.5. The summed E-state index contributed by atoms with van der Waals surface area (Å²) in [5, 5.41) is 5.85. The minimum Gasteiger partial charge on any atom is -0.378 e. The number of carbonyl (C=O) groups is 1. The standard InChI is InChI=1S/C8H14N2O2/c1-3-8(11)10-7-5-12-4-6(7)9-2/h3,6-7,9H,1,4-5H2,2H3,(H,10,11)/t6-,7?/m1/s1. The van der Waals surface area contributed by atoms with E-state index in [1.807, 2.05) is 7.05 Å². The summed E-state index contributed by atoms with van der Waals surface area (Å²) < 4.78 is 5.19. The van der Waals surface area contributed by atoms with Gasteiger partial charge in [-0.15, -0.1) is 0 Å². The quantitative estimate of drug-likeness (QED) is 0.549. The summed E-state index contributed by atoms with van der Waals surface area (Å²) in [7, 11) is 1.85. The molecule has 1 aliphatic rings. The van der Waals surface area contributed by atoms with Gasteiger partial charge in [0.1, 0.15) is 0 Å². The van der Waals surface area contributed by atoms with Gasteiger partial charge >= 0.3 is 0 Å². The van der Waals surface area contributed by atoms with E-state index in [0.29, 0.717) is 13.2 Å². The van der Waals surface area contributed by atoms with Crippen molar-refractivity contribution < 1.29 is 9.53 Å². The monoisotopic (exact) mass is 170 g/mol. The van der Waals surface area contributed by atoms with Crippen LogP contribution in [0.4, 0.5) is 0 Å². The Morgan fingerprint density at radius 1 is 1.58 bits per heavy atom. The summed E-state index contributed by atoms with van der Waals surface area (Å²) in [5.41, 5.74) is 0. The lowest BCUT2D eigenvalue weighted by Crippen LogP contribution is -2.47. The van der Waals surface area contributed by atoms with Crippen molar-refractivity contribution in [3.05, 3.63) is 12.7 Å². The molecule has 0 spiro atoms. The Morgan fingerprint density at radius 2 is 2.25 bits per heavy atom. The van der Waals surface area contributed by atoms with E-state index in [1.54, 1.807) is 0 Å². The van der Waals surface area contributed by atoms with E-state index in [9.17, 15) is 4.79 Å². The van der Waals surface area contributed by atoms with Crippen molar-refractivity contribution in [3.63, 3.8) is 0 Å². The van der Waals surface area contributed by atoms with Crippen molar-refractivity contribution in [1.82, 2.24) is 10.6 Å². The fourth-order valence-electron chi connectivity index (χ4n) is 1.22. The molecule has 0 saturated carbocycles. The number of rotatable bonds is 3. The normalized spacial score (nSPS) is 28.4. The highest BCUT2D eigenvalue weighted by Gasteiger charge is 2.27. The molecular formula is C8H14N2O2. The van der Waals surface area contributed by atoms with Crippen LogP contribution in [0.15, 0.2) is 12.7 Å². The zero-order valence-corrected chi connectivity index (χ0v) is 7.17. The Morgan fingerprint density at radius 3 is 2.83 bits per heavy atom. The van der Waals surface area contributed by atoms with E-state index >= 15 is 0 Å². The SMILES string of the molecule is C=CC(=O)NC1COC[C@H]1NC. The molecule has 0 aromatic rings. The molecule has 0 aromatic carbocycles. The molecule has 1 fully saturated rings. The van der Waals surface area contributed by atoms with Gasteiger partial charge in [0.25, 0.3) is 0 Å². The fraction of sp³-hybridized carbons (Fsp3) is 0.625. The van der Waals surface area contributed by atoms with Gasteiger partial charge in [-0.2, -0.15) is 0 Å². The highest BCUT2D eigenvalue weighted by molar-refractivity contribution is 5.87. The van der Waals surface area contributed by atoms with Crippen LogP contribution in [-0.4, -0.2) is 38.3 Å². The largest absolute Gasteiger partial charge is 0.378 e. The van der Waals surface area contributed by atoms with E-state index in [4.69, 9.17) is 4.74 Å². The molecule has 68 valence electrons. The lowest BCUT2D eigenvalue weighted by molar-refractivity contribution is -0.117. The molecular weight excluding hydrogens is 156 g/mol. The van der Waals surface area contributed by atoms with Crippen molar-refractivity contribution in [2.24, 2.45) is 0 Å². The number of likely N-dealkylation sites (N-methyl/N-ethyl adjacent to an activating group) is 1. The number of ether oxygens (including phenoxy) is 1. The Bertz CT molecular complexity index is 182. The first-order chi connectivity index (χ1) is 5.77. The maximum absolute atomic E-state index is 10.9. The van der Waals surface area contributed by atoms with Gasteiger partial charge in [0.15, 0.2) is 0 Å². The zero-order valence-electron chi connectivity index (χ0n) is 7.17. The van der Waals surface area contributed by atoms with Crippen molar-refractivity contribution in [3.8, 4) is 0 Å². The summed E-state index contributed by atoms with van der Waals surface area (Å²) >= 11 is 0. The zero-order chi connectivity index (χ0) is 8.97. The first kappa shape index (κ1) is 9.22. The first-order valence-corrected chi connectivity index (χ1v) is 3.96. The minimum absolute atomic E-state index is 0.0699. The molecule has 1 saturated heterocycles. The molecule has 4 nitrogen and oxygen atoms in total. The predicted molar refractivity (Wildman–Crippen MR) is 45.8 cm³/mol. The maximum atomic E-state index is 10.9. The molecule has 1 aliphatic heterocycles. The molecule has 2 atom stereocenters. The fourth-order valence-corrected chi connectivity index (χ4v) is 1.22. The Hall–Kier alpha value is -0.870. The summed E-state index contributed by atoms with van der Waals surface area (Å²) in [6.07, 6.45) is 1.27. The van der Waals surface area contributed by atoms with Crippen LogP contribution < -0.4 is 10.6 Å². The molecule has 12 heavy (non-hydrogen) atoms.